The Labute approximate surface area is 148 Å². The van der Waals surface area contributed by atoms with Crippen molar-refractivity contribution in [3.05, 3.63) is 50.4 Å². The van der Waals surface area contributed by atoms with Crippen LogP contribution < -0.4 is 0 Å². The number of hydrogen-bond donors (Lipinski definition) is 1. The molecule has 2 aromatic rings. The summed E-state index contributed by atoms with van der Waals surface area (Å²) in [5, 5.41) is 10.4. The number of aromatic nitrogens is 1. The first-order chi connectivity index (χ1) is 11.4. The van der Waals surface area contributed by atoms with Gasteiger partial charge in [0.15, 0.2) is 0 Å². The van der Waals surface area contributed by atoms with Gasteiger partial charge in [-0.25, -0.2) is 4.98 Å². The molecule has 1 aromatic heterocycles. The molecule has 1 aromatic carbocycles. The van der Waals surface area contributed by atoms with Gasteiger partial charge in [-0.2, -0.15) is 0 Å². The predicted octanol–water partition coefficient (Wildman–Crippen LogP) is 2.98. The average Bonchev–Trinajstić information content (AvgIpc) is 2.88. The quantitative estimate of drug-likeness (QED) is 0.812. The van der Waals surface area contributed by atoms with E-state index < -0.39 is 12.5 Å². The van der Waals surface area contributed by atoms with Crippen LogP contribution in [-0.2, 0) is 22.7 Å². The minimum absolute atomic E-state index is 0.180. The highest BCUT2D eigenvalue weighted by Crippen LogP contribution is 2.22. The fourth-order valence-electron chi connectivity index (χ4n) is 2.15. The van der Waals surface area contributed by atoms with Gasteiger partial charge in [-0.15, -0.1) is 11.3 Å². The normalized spacial score (nSPS) is 10.6. The highest BCUT2D eigenvalue weighted by molar-refractivity contribution is 7.13. The first-order valence-corrected chi connectivity index (χ1v) is 8.31. The lowest BCUT2D eigenvalue weighted by Gasteiger charge is -2.20. The molecule has 0 saturated carbocycles. The van der Waals surface area contributed by atoms with Gasteiger partial charge in [-0.05, 0) is 24.6 Å². The van der Waals surface area contributed by atoms with Crippen molar-refractivity contribution in [1.29, 1.82) is 0 Å². The molecule has 0 aliphatic rings. The molecule has 0 aliphatic carbocycles. The van der Waals surface area contributed by atoms with Crippen molar-refractivity contribution >= 4 is 34.8 Å². The summed E-state index contributed by atoms with van der Waals surface area (Å²) in [7, 11) is 1.55. The molecule has 24 heavy (non-hydrogen) atoms. The largest absolute Gasteiger partial charge is 0.480 e. The van der Waals surface area contributed by atoms with E-state index >= 15 is 0 Å². The fraction of sp³-hybridized carbons (Fsp3) is 0.312. The van der Waals surface area contributed by atoms with Crippen LogP contribution in [-0.4, -0.2) is 40.5 Å². The topological polar surface area (TPSA) is 79.7 Å². The van der Waals surface area contributed by atoms with Crippen LogP contribution in [0.4, 0.5) is 0 Å². The third-order valence-electron chi connectivity index (χ3n) is 3.20. The van der Waals surface area contributed by atoms with Crippen LogP contribution >= 0.6 is 22.9 Å². The van der Waals surface area contributed by atoms with E-state index in [0.717, 1.165) is 5.56 Å². The number of methoxy groups -OCH3 is 1. The summed E-state index contributed by atoms with van der Waals surface area (Å²) in [5.41, 5.74) is 1.37. The zero-order valence-electron chi connectivity index (χ0n) is 13.3. The van der Waals surface area contributed by atoms with E-state index in [1.54, 1.807) is 38.3 Å². The molecule has 8 heteroatoms. The molecule has 0 radical (unpaired) electrons. The third-order valence-corrected chi connectivity index (χ3v) is 4.57. The molecule has 0 atom stereocenters. The number of ether oxygens (including phenoxy) is 1. The maximum atomic E-state index is 12.8. The van der Waals surface area contributed by atoms with Crippen LogP contribution in [0, 0.1) is 6.92 Å². The molecule has 1 heterocycles. The summed E-state index contributed by atoms with van der Waals surface area (Å²) in [6.07, 6.45) is 0. The number of halogens is 1. The van der Waals surface area contributed by atoms with Gasteiger partial charge < -0.3 is 14.7 Å². The predicted molar refractivity (Wildman–Crippen MR) is 91.4 cm³/mol. The summed E-state index contributed by atoms with van der Waals surface area (Å²) in [4.78, 5) is 29.9. The Kier molecular flexibility index (Phi) is 6.30. The van der Waals surface area contributed by atoms with E-state index in [-0.39, 0.29) is 12.5 Å². The molecule has 0 aliphatic heterocycles. The van der Waals surface area contributed by atoms with E-state index in [2.05, 4.69) is 4.98 Å². The van der Waals surface area contributed by atoms with Crippen molar-refractivity contribution in [1.82, 2.24) is 9.88 Å². The zero-order valence-corrected chi connectivity index (χ0v) is 14.9. The van der Waals surface area contributed by atoms with E-state index in [0.29, 0.717) is 27.2 Å². The Hall–Kier alpha value is -1.96. The van der Waals surface area contributed by atoms with E-state index in [1.165, 1.54) is 16.2 Å². The molecule has 0 unspecified atom stereocenters. The molecular weight excluding hydrogens is 352 g/mol. The molecule has 6 nitrogen and oxygen atoms in total. The number of nitrogens with zero attached hydrogens (tertiary/aromatic N) is 2. The Morgan fingerprint density at radius 1 is 1.33 bits per heavy atom. The van der Waals surface area contributed by atoms with Crippen molar-refractivity contribution < 1.29 is 19.4 Å². The van der Waals surface area contributed by atoms with Gasteiger partial charge in [0.25, 0.3) is 5.91 Å². The SMILES string of the molecule is COCc1nc(C)c(C(=O)N(CC(=O)O)Cc2ccc(Cl)cc2)s1. The summed E-state index contributed by atoms with van der Waals surface area (Å²) in [6.45, 7) is 1.83. The minimum Gasteiger partial charge on any atom is -0.480 e. The summed E-state index contributed by atoms with van der Waals surface area (Å²) in [6, 6.07) is 6.94. The van der Waals surface area contributed by atoms with Crippen LogP contribution in [0.25, 0.3) is 0 Å². The fourth-order valence-corrected chi connectivity index (χ4v) is 3.28. The molecule has 0 saturated heterocycles. The maximum Gasteiger partial charge on any atom is 0.323 e. The van der Waals surface area contributed by atoms with Crippen molar-refractivity contribution in [2.45, 2.75) is 20.1 Å². The van der Waals surface area contributed by atoms with E-state index in [1.807, 2.05) is 0 Å². The van der Waals surface area contributed by atoms with Crippen LogP contribution in [0.2, 0.25) is 5.02 Å². The second kappa shape index (κ2) is 8.23. The van der Waals surface area contributed by atoms with Gasteiger partial charge >= 0.3 is 5.97 Å². The minimum atomic E-state index is -1.07. The second-order valence-electron chi connectivity index (χ2n) is 5.14. The van der Waals surface area contributed by atoms with Gasteiger partial charge in [0.1, 0.15) is 16.4 Å². The zero-order chi connectivity index (χ0) is 17.7. The van der Waals surface area contributed by atoms with Gasteiger partial charge in [-0.3, -0.25) is 9.59 Å². The number of thiazole rings is 1. The number of hydrogen-bond acceptors (Lipinski definition) is 5. The molecule has 1 amide bonds. The summed E-state index contributed by atoms with van der Waals surface area (Å²) < 4.78 is 5.02. The monoisotopic (exact) mass is 368 g/mol. The number of rotatable bonds is 7. The summed E-state index contributed by atoms with van der Waals surface area (Å²) >= 11 is 7.07. The number of carbonyl (C=O) groups excluding carboxylic acids is 1. The molecule has 2 rings (SSSR count). The van der Waals surface area contributed by atoms with Crippen LogP contribution in [0.5, 0.6) is 0 Å². The summed E-state index contributed by atoms with van der Waals surface area (Å²) in [5.74, 6) is -1.43. The van der Waals surface area contributed by atoms with Crippen molar-refractivity contribution in [2.75, 3.05) is 13.7 Å². The van der Waals surface area contributed by atoms with Crippen LogP contribution in [0.15, 0.2) is 24.3 Å². The molecular formula is C16H17ClN2O4S. The van der Waals surface area contributed by atoms with Crippen molar-refractivity contribution in [3.8, 4) is 0 Å². The number of aryl methyl sites for hydroxylation is 1. The highest BCUT2D eigenvalue weighted by atomic mass is 35.5. The number of benzene rings is 1. The Bertz CT molecular complexity index is 730. The number of amides is 1. The smallest absolute Gasteiger partial charge is 0.323 e. The van der Waals surface area contributed by atoms with Gasteiger partial charge in [0.2, 0.25) is 0 Å². The number of carboxylic acids is 1. The lowest BCUT2D eigenvalue weighted by molar-refractivity contribution is -0.137. The lowest BCUT2D eigenvalue weighted by Crippen LogP contribution is -2.35. The number of carbonyl (C=O) groups is 2. The van der Waals surface area contributed by atoms with Crippen molar-refractivity contribution in [3.63, 3.8) is 0 Å². The Morgan fingerprint density at radius 2 is 2.00 bits per heavy atom. The maximum absolute atomic E-state index is 12.8. The van der Waals surface area contributed by atoms with Gasteiger partial charge in [-0.1, -0.05) is 23.7 Å². The van der Waals surface area contributed by atoms with Gasteiger partial charge in [0, 0.05) is 18.7 Å². The van der Waals surface area contributed by atoms with E-state index in [9.17, 15) is 9.59 Å². The highest BCUT2D eigenvalue weighted by Gasteiger charge is 2.23. The second-order valence-corrected chi connectivity index (χ2v) is 6.66. The van der Waals surface area contributed by atoms with Crippen LogP contribution in [0.1, 0.15) is 25.9 Å². The Balaban J connectivity index is 2.24. The first kappa shape index (κ1) is 18.4. The standard InChI is InChI=1S/C16H17ClN2O4S/c1-10-15(24-13(18-10)9-23-2)16(22)19(8-14(20)21)7-11-3-5-12(17)6-4-11/h3-6H,7-9H2,1-2H3,(H,20,21). The molecule has 128 valence electrons. The third kappa shape index (κ3) is 4.77. The van der Waals surface area contributed by atoms with Crippen LogP contribution in [0.3, 0.4) is 0 Å². The first-order valence-electron chi connectivity index (χ1n) is 7.11. The number of carboxylic acid groups (broad SMARTS) is 1. The Morgan fingerprint density at radius 3 is 2.58 bits per heavy atom. The molecule has 0 bridgehead atoms. The molecule has 0 fully saturated rings. The van der Waals surface area contributed by atoms with Gasteiger partial charge in [0.05, 0.1) is 12.3 Å². The average molecular weight is 369 g/mol. The van der Waals surface area contributed by atoms with E-state index in [4.69, 9.17) is 21.4 Å². The lowest BCUT2D eigenvalue weighted by atomic mass is 10.2. The molecule has 1 N–H and O–H groups in total. The number of aliphatic carboxylic acids is 1. The van der Waals surface area contributed by atoms with Crippen molar-refractivity contribution in [2.24, 2.45) is 0 Å². The molecule has 0 spiro atoms.